The van der Waals surface area contributed by atoms with Crippen LogP contribution in [0.25, 0.3) is 0 Å². The molecule has 0 atom stereocenters. The first-order valence-corrected chi connectivity index (χ1v) is 8.24. The molecule has 0 spiro atoms. The molecule has 3 nitrogen and oxygen atoms in total. The number of piperidine rings is 1. The molecule has 20 heavy (non-hydrogen) atoms. The van der Waals surface area contributed by atoms with Gasteiger partial charge in [-0.2, -0.15) is 5.26 Å². The Morgan fingerprint density at radius 3 is 2.65 bits per heavy atom. The molecule has 0 bridgehead atoms. The van der Waals surface area contributed by atoms with E-state index in [0.717, 1.165) is 41.3 Å². The maximum Gasteiger partial charge on any atom is 0.101 e. The number of benzene rings is 1. The fourth-order valence-electron chi connectivity index (χ4n) is 3.01. The normalized spacial score (nSPS) is 19.6. The van der Waals surface area contributed by atoms with Crippen LogP contribution < -0.4 is 10.2 Å². The van der Waals surface area contributed by atoms with Crippen molar-refractivity contribution >= 4 is 21.6 Å². The van der Waals surface area contributed by atoms with Crippen LogP contribution in [0.1, 0.15) is 31.2 Å². The second-order valence-electron chi connectivity index (χ2n) is 5.85. The number of nitriles is 1. The van der Waals surface area contributed by atoms with Gasteiger partial charge < -0.3 is 10.2 Å². The van der Waals surface area contributed by atoms with Crippen LogP contribution >= 0.6 is 15.9 Å². The van der Waals surface area contributed by atoms with E-state index in [1.54, 1.807) is 0 Å². The highest BCUT2D eigenvalue weighted by Gasteiger charge is 2.32. The zero-order chi connectivity index (χ0) is 13.9. The molecule has 1 aromatic rings. The minimum absolute atomic E-state index is 0.645. The Morgan fingerprint density at radius 1 is 1.25 bits per heavy atom. The van der Waals surface area contributed by atoms with Gasteiger partial charge in [-0.1, -0.05) is 15.9 Å². The molecule has 2 aliphatic rings. The predicted molar refractivity (Wildman–Crippen MR) is 84.8 cm³/mol. The van der Waals surface area contributed by atoms with E-state index < -0.39 is 0 Å². The summed E-state index contributed by atoms with van der Waals surface area (Å²) in [6.45, 7) is 3.36. The molecule has 1 aliphatic carbocycles. The van der Waals surface area contributed by atoms with Crippen molar-refractivity contribution < 1.29 is 0 Å². The lowest BCUT2D eigenvalue weighted by Crippen LogP contribution is -2.37. The van der Waals surface area contributed by atoms with E-state index in [-0.39, 0.29) is 0 Å². The van der Waals surface area contributed by atoms with Crippen molar-refractivity contribution in [1.29, 1.82) is 5.26 Å². The lowest BCUT2D eigenvalue weighted by atomic mass is 9.97. The lowest BCUT2D eigenvalue weighted by Gasteiger charge is -2.32. The SMILES string of the molecule is N#Cc1ccc(Br)cc1N(CC1CCNCC1)C1CC1. The van der Waals surface area contributed by atoms with Crippen LogP contribution in [0.4, 0.5) is 5.69 Å². The summed E-state index contributed by atoms with van der Waals surface area (Å²) in [6, 6.07) is 8.99. The van der Waals surface area contributed by atoms with Gasteiger partial charge in [0.05, 0.1) is 11.3 Å². The van der Waals surface area contributed by atoms with Crippen LogP contribution in [0.15, 0.2) is 22.7 Å². The molecule has 106 valence electrons. The molecule has 3 rings (SSSR count). The third-order valence-corrected chi connectivity index (χ3v) is 4.78. The molecule has 1 aromatic carbocycles. The summed E-state index contributed by atoms with van der Waals surface area (Å²) in [4.78, 5) is 2.49. The number of nitrogens with zero attached hydrogens (tertiary/aromatic N) is 2. The molecule has 0 aromatic heterocycles. The van der Waals surface area contributed by atoms with E-state index in [4.69, 9.17) is 0 Å². The van der Waals surface area contributed by atoms with Crippen LogP contribution in [0.2, 0.25) is 0 Å². The highest BCUT2D eigenvalue weighted by molar-refractivity contribution is 9.10. The molecule has 0 radical (unpaired) electrons. The van der Waals surface area contributed by atoms with E-state index in [1.807, 2.05) is 12.1 Å². The quantitative estimate of drug-likeness (QED) is 0.918. The molecule has 1 saturated carbocycles. The predicted octanol–water partition coefficient (Wildman–Crippen LogP) is 3.29. The summed E-state index contributed by atoms with van der Waals surface area (Å²) >= 11 is 3.54. The molecule has 2 fully saturated rings. The van der Waals surface area contributed by atoms with Crippen LogP contribution in [-0.2, 0) is 0 Å². The fraction of sp³-hybridized carbons (Fsp3) is 0.562. The Morgan fingerprint density at radius 2 is 2.00 bits per heavy atom. The number of hydrogen-bond acceptors (Lipinski definition) is 3. The average molecular weight is 334 g/mol. The van der Waals surface area contributed by atoms with Crippen molar-refractivity contribution in [3.63, 3.8) is 0 Å². The molecule has 1 saturated heterocycles. The minimum Gasteiger partial charge on any atom is -0.367 e. The third-order valence-electron chi connectivity index (χ3n) is 4.29. The number of hydrogen-bond donors (Lipinski definition) is 1. The van der Waals surface area contributed by atoms with Gasteiger partial charge in [0.25, 0.3) is 0 Å². The molecule has 0 amide bonds. The minimum atomic E-state index is 0.645. The van der Waals surface area contributed by atoms with Gasteiger partial charge in [0.2, 0.25) is 0 Å². The van der Waals surface area contributed by atoms with Gasteiger partial charge in [-0.05, 0) is 62.9 Å². The van der Waals surface area contributed by atoms with E-state index in [0.29, 0.717) is 6.04 Å². The molecular weight excluding hydrogens is 314 g/mol. The summed E-state index contributed by atoms with van der Waals surface area (Å²) in [5.41, 5.74) is 1.91. The highest BCUT2D eigenvalue weighted by atomic mass is 79.9. The van der Waals surface area contributed by atoms with Gasteiger partial charge in [0, 0.05) is 17.1 Å². The van der Waals surface area contributed by atoms with Gasteiger partial charge in [-0.15, -0.1) is 0 Å². The second-order valence-corrected chi connectivity index (χ2v) is 6.77. The molecule has 1 aliphatic heterocycles. The molecular formula is C16H20BrN3. The summed E-state index contributed by atoms with van der Waals surface area (Å²) in [5, 5.41) is 12.8. The largest absolute Gasteiger partial charge is 0.367 e. The Balaban J connectivity index is 1.83. The zero-order valence-corrected chi connectivity index (χ0v) is 13.2. The Labute approximate surface area is 129 Å². The number of halogens is 1. The van der Waals surface area contributed by atoms with Crippen molar-refractivity contribution in [2.24, 2.45) is 5.92 Å². The van der Waals surface area contributed by atoms with Crippen LogP contribution in [-0.4, -0.2) is 25.7 Å². The first kappa shape index (κ1) is 13.9. The Kier molecular flexibility index (Phi) is 4.28. The van der Waals surface area contributed by atoms with Crippen LogP contribution in [0.3, 0.4) is 0 Å². The first-order valence-electron chi connectivity index (χ1n) is 7.45. The number of anilines is 1. The molecule has 1 heterocycles. The van der Waals surface area contributed by atoms with Gasteiger partial charge in [0.15, 0.2) is 0 Å². The van der Waals surface area contributed by atoms with E-state index >= 15 is 0 Å². The van der Waals surface area contributed by atoms with Crippen LogP contribution in [0.5, 0.6) is 0 Å². The van der Waals surface area contributed by atoms with Crippen molar-refractivity contribution in [2.75, 3.05) is 24.5 Å². The Bertz CT molecular complexity index is 513. The number of rotatable bonds is 4. The van der Waals surface area contributed by atoms with Gasteiger partial charge in [-0.25, -0.2) is 0 Å². The van der Waals surface area contributed by atoms with E-state index in [1.165, 1.54) is 25.7 Å². The summed E-state index contributed by atoms with van der Waals surface area (Å²) in [5.74, 6) is 0.752. The first-order chi connectivity index (χ1) is 9.78. The lowest BCUT2D eigenvalue weighted by molar-refractivity contribution is 0.372. The van der Waals surface area contributed by atoms with Gasteiger partial charge >= 0.3 is 0 Å². The van der Waals surface area contributed by atoms with Crippen molar-refractivity contribution in [3.8, 4) is 6.07 Å². The molecule has 1 N–H and O–H groups in total. The second kappa shape index (κ2) is 6.15. The standard InChI is InChI=1S/C16H20BrN3/c17-14-2-1-13(10-18)16(9-14)20(15-3-4-15)11-12-5-7-19-8-6-12/h1-2,9,12,15,19H,3-8,11H2. The van der Waals surface area contributed by atoms with E-state index in [9.17, 15) is 5.26 Å². The summed E-state index contributed by atoms with van der Waals surface area (Å²) in [6.07, 6.45) is 5.03. The molecule has 0 unspecified atom stereocenters. The fourth-order valence-corrected chi connectivity index (χ4v) is 3.36. The van der Waals surface area contributed by atoms with E-state index in [2.05, 4.69) is 38.3 Å². The zero-order valence-electron chi connectivity index (χ0n) is 11.6. The van der Waals surface area contributed by atoms with Crippen molar-refractivity contribution in [1.82, 2.24) is 5.32 Å². The number of nitrogens with one attached hydrogen (secondary N) is 1. The average Bonchev–Trinajstić information content (AvgIpc) is 3.30. The summed E-state index contributed by atoms with van der Waals surface area (Å²) in [7, 11) is 0. The third kappa shape index (κ3) is 3.16. The molecule has 4 heteroatoms. The van der Waals surface area contributed by atoms with Gasteiger partial charge in [-0.3, -0.25) is 0 Å². The smallest absolute Gasteiger partial charge is 0.101 e. The maximum atomic E-state index is 9.36. The van der Waals surface area contributed by atoms with Crippen molar-refractivity contribution in [3.05, 3.63) is 28.2 Å². The summed E-state index contributed by atoms with van der Waals surface area (Å²) < 4.78 is 1.06. The van der Waals surface area contributed by atoms with Crippen LogP contribution in [0, 0.1) is 17.2 Å². The van der Waals surface area contributed by atoms with Crippen molar-refractivity contribution in [2.45, 2.75) is 31.7 Å². The monoisotopic (exact) mass is 333 g/mol. The topological polar surface area (TPSA) is 39.1 Å². The highest BCUT2D eigenvalue weighted by Crippen LogP contribution is 2.36. The van der Waals surface area contributed by atoms with Gasteiger partial charge in [0.1, 0.15) is 6.07 Å². The Hall–Kier alpha value is -1.05. The maximum absolute atomic E-state index is 9.36.